The normalized spacial score (nSPS) is 28.5. The minimum absolute atomic E-state index is 0.00505. The predicted octanol–water partition coefficient (Wildman–Crippen LogP) is 6.76. The topological polar surface area (TPSA) is 214 Å². The standard InChI is InChI=1S/C27H36O7.C27H34O7.Mn.2O/c2*1-5-9-21-12-13-22(29)25(33-21)18(3)26-24(30)27(32-16-20-10-7-6-8-11-20)23(34-26)14-17(2)15-31-19(4)28;;;/h5-8,10-13,17-18,21,23-27,30H,1,9,14-16H2,2-4H3;5-8,10-13,17-18,21,23,25-27H,1,9,14-16H2,2-4H3;;;/t17-,18-,21-,23?,24-,25-,26+,27+;17-,18-,21-,23?,25-,26+,27+;;;/m11.../s1. The third-order valence-corrected chi connectivity index (χ3v) is 12.5. The van der Waals surface area contributed by atoms with E-state index in [-0.39, 0.29) is 73.2 Å². The Labute approximate surface area is 423 Å². The second-order valence-electron chi connectivity index (χ2n) is 18.4. The van der Waals surface area contributed by atoms with Crippen LogP contribution in [0.5, 0.6) is 0 Å². The van der Waals surface area contributed by atoms with Crippen LogP contribution in [0.2, 0.25) is 0 Å². The van der Waals surface area contributed by atoms with Gasteiger partial charge in [0.15, 0.2) is 17.3 Å². The zero-order chi connectivity index (χ0) is 52.0. The Kier molecular flexibility index (Phi) is 25.1. The molecule has 2 fully saturated rings. The van der Waals surface area contributed by atoms with Gasteiger partial charge < -0.3 is 43.0 Å². The fourth-order valence-corrected chi connectivity index (χ4v) is 8.89. The van der Waals surface area contributed by atoms with Gasteiger partial charge in [-0.3, -0.25) is 24.0 Å². The molecule has 0 bridgehead atoms. The maximum absolute atomic E-state index is 13.4. The van der Waals surface area contributed by atoms with Crippen molar-refractivity contribution in [2.45, 2.75) is 148 Å². The van der Waals surface area contributed by atoms with Gasteiger partial charge in [0, 0.05) is 25.7 Å². The van der Waals surface area contributed by atoms with Crippen molar-refractivity contribution in [3.05, 3.63) is 121 Å². The van der Waals surface area contributed by atoms with E-state index in [1.54, 1.807) is 37.3 Å². The van der Waals surface area contributed by atoms with E-state index in [1.165, 1.54) is 19.9 Å². The van der Waals surface area contributed by atoms with Gasteiger partial charge >= 0.3 is 34.4 Å². The monoisotopic (exact) mass is 1030 g/mol. The predicted molar refractivity (Wildman–Crippen MR) is 254 cm³/mol. The van der Waals surface area contributed by atoms with Crippen molar-refractivity contribution in [2.24, 2.45) is 23.7 Å². The van der Waals surface area contributed by atoms with E-state index in [4.69, 9.17) is 45.6 Å². The van der Waals surface area contributed by atoms with E-state index in [0.29, 0.717) is 32.3 Å². The molecule has 0 radical (unpaired) electrons. The number of rotatable bonds is 22. The maximum atomic E-state index is 13.4. The van der Waals surface area contributed by atoms with Crippen molar-refractivity contribution in [1.82, 2.24) is 0 Å². The molecule has 4 aliphatic rings. The fraction of sp³-hybridized carbons (Fsp3) is 0.537. The Hall–Kier alpha value is -4.81. The molecule has 6 rings (SSSR count). The van der Waals surface area contributed by atoms with Crippen LogP contribution in [-0.2, 0) is 97.6 Å². The van der Waals surface area contributed by atoms with Crippen LogP contribution in [-0.4, -0.2) is 115 Å². The molecule has 0 aliphatic carbocycles. The molecule has 2 aromatic carbocycles. The molecule has 4 heterocycles. The number of Topliss-reactive ketones (excluding diaryl/α,β-unsaturated/α-hetero) is 1. The first-order valence-electron chi connectivity index (χ1n) is 24.0. The van der Waals surface area contributed by atoms with Crippen LogP contribution >= 0.6 is 0 Å². The number of hydrogen-bond acceptors (Lipinski definition) is 16. The molecule has 389 valence electrons. The molecular weight excluding hydrogens is 960 g/mol. The molecule has 17 heteroatoms. The number of ketones is 3. The number of esters is 2. The number of carbonyl (C=O) groups is 5. The van der Waals surface area contributed by atoms with E-state index < -0.39 is 81.6 Å². The van der Waals surface area contributed by atoms with Gasteiger partial charge in [0.2, 0.25) is 0 Å². The molecule has 2 saturated heterocycles. The second kappa shape index (κ2) is 30.3. The zero-order valence-corrected chi connectivity index (χ0v) is 42.6. The summed E-state index contributed by atoms with van der Waals surface area (Å²) in [4.78, 5) is 61.0. The van der Waals surface area contributed by atoms with Crippen molar-refractivity contribution in [2.75, 3.05) is 13.2 Å². The van der Waals surface area contributed by atoms with Gasteiger partial charge in [-0.25, -0.2) is 0 Å². The molecule has 0 saturated carbocycles. The van der Waals surface area contributed by atoms with Gasteiger partial charge in [-0.15, -0.1) is 13.2 Å². The molecular formula is C54H70MnO16. The third kappa shape index (κ3) is 18.3. The van der Waals surface area contributed by atoms with E-state index in [9.17, 15) is 29.1 Å². The summed E-state index contributed by atoms with van der Waals surface area (Å²) < 4.78 is 63.8. The quantitative estimate of drug-likeness (QED) is 0.0733. The summed E-state index contributed by atoms with van der Waals surface area (Å²) in [6.45, 7) is 18.8. The number of benzene rings is 2. The number of hydrogen-bond donors (Lipinski definition) is 1. The Morgan fingerprint density at radius 3 is 1.58 bits per heavy atom. The van der Waals surface area contributed by atoms with Crippen molar-refractivity contribution in [1.29, 1.82) is 0 Å². The number of ether oxygens (including phenoxy) is 8. The second-order valence-corrected chi connectivity index (χ2v) is 18.6. The van der Waals surface area contributed by atoms with Crippen molar-refractivity contribution < 1.29 is 89.5 Å². The fourth-order valence-electron chi connectivity index (χ4n) is 8.89. The molecule has 0 amide bonds. The molecule has 15 atom stereocenters. The summed E-state index contributed by atoms with van der Waals surface area (Å²) in [5.74, 6) is -2.12. The van der Waals surface area contributed by atoms with E-state index in [0.717, 1.165) is 11.1 Å². The van der Waals surface area contributed by atoms with Gasteiger partial charge in [0.05, 0.1) is 56.9 Å². The summed E-state index contributed by atoms with van der Waals surface area (Å²) in [7, 11) is 0. The minimum atomic E-state index is -1.44. The molecule has 71 heavy (non-hydrogen) atoms. The van der Waals surface area contributed by atoms with Gasteiger partial charge in [-0.1, -0.05) is 113 Å². The Morgan fingerprint density at radius 2 is 1.11 bits per heavy atom. The average Bonchev–Trinajstić information content (AvgIpc) is 3.83. The van der Waals surface area contributed by atoms with Crippen LogP contribution in [0.4, 0.5) is 0 Å². The van der Waals surface area contributed by atoms with E-state index in [2.05, 4.69) is 13.2 Å². The van der Waals surface area contributed by atoms with Crippen LogP contribution < -0.4 is 0 Å². The van der Waals surface area contributed by atoms with Gasteiger partial charge in [0.1, 0.15) is 36.6 Å². The van der Waals surface area contributed by atoms with E-state index >= 15 is 0 Å². The van der Waals surface area contributed by atoms with Gasteiger partial charge in [-0.05, 0) is 60.8 Å². The average molecular weight is 1030 g/mol. The van der Waals surface area contributed by atoms with Crippen LogP contribution in [0.3, 0.4) is 0 Å². The molecule has 2 unspecified atom stereocenters. The number of aliphatic hydroxyl groups is 1. The number of aliphatic hydroxyl groups excluding tert-OH is 1. The molecule has 0 aromatic heterocycles. The first kappa shape index (κ1) is 58.8. The van der Waals surface area contributed by atoms with Crippen molar-refractivity contribution >= 4 is 29.3 Å². The molecule has 16 nitrogen and oxygen atoms in total. The van der Waals surface area contributed by atoms with Crippen LogP contribution in [0.25, 0.3) is 0 Å². The first-order chi connectivity index (χ1) is 34.0. The SMILES string of the molecule is C=CC[C@@H]1C=CC(=O)[C@@H]([C@@H](C)[C@@H]2OC(C[C@@H](C)COC(C)=O)[C@H](OCc3ccccc3)C2=O)O1.C=CC[C@@H]1C=CC(=O)[C@@H]([C@@H](C)[C@@H]2OC(C[C@@H](C)COC(C)=O)[C@H](OCc3ccccc3)[C@@H]2O)O1.[O]=[Mn]=[O]. The molecule has 2 aromatic rings. The summed E-state index contributed by atoms with van der Waals surface area (Å²) in [5.41, 5.74) is 1.93. The van der Waals surface area contributed by atoms with E-state index in [1.807, 2.05) is 81.4 Å². The van der Waals surface area contributed by atoms with Crippen LogP contribution in [0.15, 0.2) is 110 Å². The Morgan fingerprint density at radius 1 is 0.662 bits per heavy atom. The van der Waals surface area contributed by atoms with Crippen molar-refractivity contribution in [3.8, 4) is 0 Å². The summed E-state index contributed by atoms with van der Waals surface area (Å²) in [6, 6.07) is 19.3. The summed E-state index contributed by atoms with van der Waals surface area (Å²) >= 11 is -1.44. The first-order valence-corrected chi connectivity index (χ1v) is 24.9. The number of carbonyl (C=O) groups excluding carboxylic acids is 5. The molecule has 0 spiro atoms. The summed E-state index contributed by atoms with van der Waals surface area (Å²) in [5, 5.41) is 11.2. The van der Waals surface area contributed by atoms with Crippen molar-refractivity contribution in [3.63, 3.8) is 0 Å². The molecule has 1 N–H and O–H groups in total. The Bertz CT molecular complexity index is 2140. The van der Waals surface area contributed by atoms with Gasteiger partial charge in [-0.2, -0.15) is 0 Å². The third-order valence-electron chi connectivity index (χ3n) is 12.5. The Balaban J connectivity index is 0.000000292. The molecule has 4 aliphatic heterocycles. The van der Waals surface area contributed by atoms with Crippen LogP contribution in [0.1, 0.15) is 78.4 Å². The summed E-state index contributed by atoms with van der Waals surface area (Å²) in [6.07, 6.45) is 5.45. The zero-order valence-electron chi connectivity index (χ0n) is 41.4. The van der Waals surface area contributed by atoms with Crippen LogP contribution in [0, 0.1) is 23.7 Å². The van der Waals surface area contributed by atoms with Gasteiger partial charge in [0.25, 0.3) is 0 Å².